The summed E-state index contributed by atoms with van der Waals surface area (Å²) in [5, 5.41) is 12.0. The number of benzene rings is 2. The highest BCUT2D eigenvalue weighted by Gasteiger charge is 2.19. The van der Waals surface area contributed by atoms with Crippen LogP contribution in [0.3, 0.4) is 0 Å². The number of carbonyl (C=O) groups is 2. The molecular formula is C14H11N3O4. The Kier molecular flexibility index (Phi) is 3.02. The van der Waals surface area contributed by atoms with Crippen LogP contribution in [0.2, 0.25) is 0 Å². The first-order valence-corrected chi connectivity index (χ1v) is 6.09. The van der Waals surface area contributed by atoms with Gasteiger partial charge in [0, 0.05) is 0 Å². The van der Waals surface area contributed by atoms with Gasteiger partial charge in [0.1, 0.15) is 11.0 Å². The normalized spacial score (nSPS) is 10.8. The van der Waals surface area contributed by atoms with Gasteiger partial charge in [-0.05, 0) is 35.0 Å². The minimum absolute atomic E-state index is 0.152. The SMILES string of the molecule is COC(=O)c1cc2cc3n[nH]nc3cc2cc1C(=O)OC. The molecule has 7 nitrogen and oxygen atoms in total. The van der Waals surface area contributed by atoms with Crippen LogP contribution in [-0.2, 0) is 9.47 Å². The van der Waals surface area contributed by atoms with Gasteiger partial charge in [-0.25, -0.2) is 9.59 Å². The zero-order valence-electron chi connectivity index (χ0n) is 11.3. The summed E-state index contributed by atoms with van der Waals surface area (Å²) in [5.74, 6) is -1.20. The van der Waals surface area contributed by atoms with Crippen molar-refractivity contribution in [3.05, 3.63) is 35.4 Å². The molecule has 0 bridgehead atoms. The van der Waals surface area contributed by atoms with Crippen molar-refractivity contribution in [2.24, 2.45) is 0 Å². The Bertz CT molecular complexity index is 800. The Morgan fingerprint density at radius 3 is 1.67 bits per heavy atom. The van der Waals surface area contributed by atoms with Gasteiger partial charge in [0.15, 0.2) is 0 Å². The van der Waals surface area contributed by atoms with Crippen molar-refractivity contribution < 1.29 is 19.1 Å². The summed E-state index contributed by atoms with van der Waals surface area (Å²) in [4.78, 5) is 23.7. The zero-order chi connectivity index (χ0) is 15.0. The molecule has 106 valence electrons. The number of nitrogens with zero attached hydrogens (tertiary/aromatic N) is 2. The number of ether oxygens (including phenoxy) is 2. The fraction of sp³-hybridized carbons (Fsp3) is 0.143. The van der Waals surface area contributed by atoms with Crippen LogP contribution < -0.4 is 0 Å². The van der Waals surface area contributed by atoms with Crippen molar-refractivity contribution in [3.8, 4) is 0 Å². The molecule has 0 aliphatic heterocycles. The number of carbonyl (C=O) groups excluding carboxylic acids is 2. The molecule has 3 aromatic rings. The number of hydrogen-bond donors (Lipinski definition) is 1. The monoisotopic (exact) mass is 285 g/mol. The third-order valence-electron chi connectivity index (χ3n) is 3.22. The average molecular weight is 285 g/mol. The lowest BCUT2D eigenvalue weighted by atomic mass is 10.0. The highest BCUT2D eigenvalue weighted by atomic mass is 16.5. The molecule has 21 heavy (non-hydrogen) atoms. The maximum absolute atomic E-state index is 11.8. The second-order valence-electron chi connectivity index (χ2n) is 4.39. The first-order valence-electron chi connectivity index (χ1n) is 6.09. The van der Waals surface area contributed by atoms with Gasteiger partial charge in [-0.1, -0.05) is 0 Å². The molecule has 1 aromatic heterocycles. The van der Waals surface area contributed by atoms with Crippen molar-refractivity contribution in [1.29, 1.82) is 0 Å². The number of rotatable bonds is 2. The van der Waals surface area contributed by atoms with E-state index in [9.17, 15) is 9.59 Å². The lowest BCUT2D eigenvalue weighted by Gasteiger charge is -2.08. The second kappa shape index (κ2) is 4.86. The van der Waals surface area contributed by atoms with E-state index in [2.05, 4.69) is 15.4 Å². The molecule has 0 saturated carbocycles. The summed E-state index contributed by atoms with van der Waals surface area (Å²) < 4.78 is 9.42. The summed E-state index contributed by atoms with van der Waals surface area (Å²) in [7, 11) is 2.52. The Morgan fingerprint density at radius 2 is 1.29 bits per heavy atom. The van der Waals surface area contributed by atoms with Crippen LogP contribution in [0.25, 0.3) is 21.8 Å². The van der Waals surface area contributed by atoms with Crippen molar-refractivity contribution >= 4 is 33.7 Å². The minimum atomic E-state index is -0.599. The van der Waals surface area contributed by atoms with Gasteiger partial charge in [0.05, 0.1) is 25.3 Å². The van der Waals surface area contributed by atoms with E-state index in [1.54, 1.807) is 24.3 Å². The fourth-order valence-electron chi connectivity index (χ4n) is 2.20. The van der Waals surface area contributed by atoms with Gasteiger partial charge in [0.2, 0.25) is 0 Å². The molecule has 0 spiro atoms. The number of methoxy groups -OCH3 is 2. The molecule has 1 N–H and O–H groups in total. The smallest absolute Gasteiger partial charge is 0.338 e. The van der Waals surface area contributed by atoms with E-state index in [0.29, 0.717) is 11.0 Å². The molecule has 2 aromatic carbocycles. The van der Waals surface area contributed by atoms with Crippen LogP contribution in [0.15, 0.2) is 24.3 Å². The van der Waals surface area contributed by atoms with E-state index >= 15 is 0 Å². The van der Waals surface area contributed by atoms with Crippen LogP contribution in [0.1, 0.15) is 20.7 Å². The first kappa shape index (κ1) is 13.0. The van der Waals surface area contributed by atoms with E-state index in [1.807, 2.05) is 0 Å². The highest BCUT2D eigenvalue weighted by Crippen LogP contribution is 2.25. The van der Waals surface area contributed by atoms with Crippen LogP contribution in [0.5, 0.6) is 0 Å². The molecule has 3 rings (SSSR count). The average Bonchev–Trinajstić information content (AvgIpc) is 2.96. The molecule has 0 amide bonds. The van der Waals surface area contributed by atoms with Gasteiger partial charge >= 0.3 is 11.9 Å². The molecule has 0 unspecified atom stereocenters. The molecule has 0 aliphatic carbocycles. The maximum Gasteiger partial charge on any atom is 0.338 e. The summed E-state index contributed by atoms with van der Waals surface area (Å²) in [5.41, 5.74) is 1.65. The Balaban J connectivity index is 2.33. The van der Waals surface area contributed by atoms with Gasteiger partial charge < -0.3 is 9.47 Å². The predicted octanol–water partition coefficient (Wildman–Crippen LogP) is 1.68. The third-order valence-corrected chi connectivity index (χ3v) is 3.22. The van der Waals surface area contributed by atoms with Crippen molar-refractivity contribution in [1.82, 2.24) is 15.4 Å². The molecule has 7 heteroatoms. The lowest BCUT2D eigenvalue weighted by molar-refractivity contribution is 0.0555. The number of hydrogen-bond acceptors (Lipinski definition) is 6. The zero-order valence-corrected chi connectivity index (χ0v) is 11.3. The molecule has 0 radical (unpaired) electrons. The van der Waals surface area contributed by atoms with Gasteiger partial charge in [-0.3, -0.25) is 0 Å². The topological polar surface area (TPSA) is 94.2 Å². The number of aromatic nitrogens is 3. The molecule has 0 fully saturated rings. The molecule has 0 aliphatic rings. The summed E-state index contributed by atoms with van der Waals surface area (Å²) in [6, 6.07) is 6.73. The quantitative estimate of drug-likeness (QED) is 0.720. The Morgan fingerprint density at radius 1 is 0.857 bits per heavy atom. The Hall–Kier alpha value is -2.96. The Labute approximate surface area is 118 Å². The van der Waals surface area contributed by atoms with Gasteiger partial charge in [0.25, 0.3) is 0 Å². The molecule has 1 heterocycles. The second-order valence-corrected chi connectivity index (χ2v) is 4.39. The standard InChI is InChI=1S/C14H11N3O4/c1-20-13(18)9-3-7-5-11-12(16-17-15-11)6-8(7)4-10(9)14(19)21-2/h3-6H,1-2H3,(H,15,16,17). The number of aromatic amines is 1. The number of fused-ring (bicyclic) bond motifs is 2. The van der Waals surface area contributed by atoms with Crippen LogP contribution in [-0.4, -0.2) is 41.6 Å². The number of H-pyrrole nitrogens is 1. The summed E-state index contributed by atoms with van der Waals surface area (Å²) >= 11 is 0. The first-order chi connectivity index (χ1) is 10.1. The number of esters is 2. The van der Waals surface area contributed by atoms with Crippen molar-refractivity contribution in [2.45, 2.75) is 0 Å². The largest absolute Gasteiger partial charge is 0.465 e. The maximum atomic E-state index is 11.8. The lowest BCUT2D eigenvalue weighted by Crippen LogP contribution is -2.11. The molecular weight excluding hydrogens is 274 g/mol. The van der Waals surface area contributed by atoms with Crippen LogP contribution in [0.4, 0.5) is 0 Å². The third kappa shape index (κ3) is 2.08. The predicted molar refractivity (Wildman–Crippen MR) is 74.1 cm³/mol. The highest BCUT2D eigenvalue weighted by molar-refractivity contribution is 6.08. The van der Waals surface area contributed by atoms with Gasteiger partial charge in [-0.2, -0.15) is 15.4 Å². The molecule has 0 saturated heterocycles. The molecule has 0 atom stereocenters. The summed E-state index contributed by atoms with van der Waals surface area (Å²) in [6.45, 7) is 0. The van der Waals surface area contributed by atoms with E-state index in [-0.39, 0.29) is 11.1 Å². The number of nitrogens with one attached hydrogen (secondary N) is 1. The van der Waals surface area contributed by atoms with Crippen molar-refractivity contribution in [2.75, 3.05) is 14.2 Å². The van der Waals surface area contributed by atoms with E-state index in [4.69, 9.17) is 9.47 Å². The van der Waals surface area contributed by atoms with E-state index < -0.39 is 11.9 Å². The van der Waals surface area contributed by atoms with E-state index in [1.165, 1.54) is 14.2 Å². The van der Waals surface area contributed by atoms with E-state index in [0.717, 1.165) is 10.8 Å². The minimum Gasteiger partial charge on any atom is -0.465 e. The van der Waals surface area contributed by atoms with Crippen LogP contribution in [0, 0.1) is 0 Å². The van der Waals surface area contributed by atoms with Crippen LogP contribution >= 0.6 is 0 Å². The van der Waals surface area contributed by atoms with Gasteiger partial charge in [-0.15, -0.1) is 0 Å². The summed E-state index contributed by atoms with van der Waals surface area (Å²) in [6.07, 6.45) is 0. The fourth-order valence-corrected chi connectivity index (χ4v) is 2.20. The van der Waals surface area contributed by atoms with Crippen molar-refractivity contribution in [3.63, 3.8) is 0 Å².